The van der Waals surface area contributed by atoms with Crippen LogP contribution in [-0.4, -0.2) is 39.5 Å². The number of hydrogen-bond donors (Lipinski definition) is 1. The summed E-state index contributed by atoms with van der Waals surface area (Å²) in [6.07, 6.45) is 1.63. The molecule has 5 rings (SSSR count). The molecule has 1 N–H and O–H groups in total. The Hall–Kier alpha value is -3.92. The maximum absolute atomic E-state index is 13.9. The minimum Gasteiger partial charge on any atom is -0.478 e. The Balaban J connectivity index is 1.61. The number of rotatable bonds is 7. The molecule has 41 heavy (non-hydrogen) atoms. The van der Waals surface area contributed by atoms with Crippen LogP contribution in [0.2, 0.25) is 10.0 Å². The zero-order valence-corrected chi connectivity index (χ0v) is 24.7. The number of thiazole rings is 1. The van der Waals surface area contributed by atoms with Crippen molar-refractivity contribution in [3.05, 3.63) is 112 Å². The number of nitrogens with zero attached hydrogens (tertiary/aromatic N) is 3. The second-order valence-corrected chi connectivity index (χ2v) is 11.2. The molecule has 1 atom stereocenters. The van der Waals surface area contributed by atoms with Crippen molar-refractivity contribution in [1.29, 1.82) is 0 Å². The number of fused-ring (bicyclic) bond motifs is 1. The van der Waals surface area contributed by atoms with E-state index in [1.807, 2.05) is 26.0 Å². The number of allylic oxidation sites excluding steroid dienone is 1. The molecule has 2 aromatic heterocycles. The van der Waals surface area contributed by atoms with Crippen LogP contribution in [-0.2, 0) is 4.79 Å². The third kappa shape index (κ3) is 5.40. The Bertz CT molecular complexity index is 1880. The van der Waals surface area contributed by atoms with Crippen molar-refractivity contribution in [2.75, 3.05) is 13.1 Å². The maximum Gasteiger partial charge on any atom is 0.337 e. The standard InChI is InChI=1S/C30H25Cl2N3O5S/c1-4-34(5-2)28(37)25-16(3)33-30-35(26(25)17-6-9-19(31)10-7-17)27(36)24(41-30)15-20-11-13-23(40-20)18-8-12-21(29(38)39)22(32)14-18/h6-15,26H,4-5H2,1-3H3,(H,38,39)/b24-15+/t26-/m0/s1. The number of benzene rings is 2. The second-order valence-electron chi connectivity index (χ2n) is 9.31. The van der Waals surface area contributed by atoms with E-state index in [2.05, 4.69) is 4.99 Å². The Morgan fingerprint density at radius 1 is 1.10 bits per heavy atom. The largest absolute Gasteiger partial charge is 0.478 e. The van der Waals surface area contributed by atoms with Crippen LogP contribution in [0, 0.1) is 0 Å². The Morgan fingerprint density at radius 3 is 2.44 bits per heavy atom. The zero-order chi connectivity index (χ0) is 29.4. The molecule has 8 nitrogen and oxygen atoms in total. The third-order valence-corrected chi connectivity index (χ3v) is 8.42. The predicted octanol–water partition coefficient (Wildman–Crippen LogP) is 5.37. The summed E-state index contributed by atoms with van der Waals surface area (Å²) in [5.74, 6) is -0.411. The number of aromatic carboxylic acids is 1. The summed E-state index contributed by atoms with van der Waals surface area (Å²) in [5.41, 5.74) is 2.02. The minimum atomic E-state index is -1.12. The highest BCUT2D eigenvalue weighted by atomic mass is 35.5. The number of amides is 1. The van der Waals surface area contributed by atoms with Gasteiger partial charge in [-0.05, 0) is 62.7 Å². The summed E-state index contributed by atoms with van der Waals surface area (Å²) < 4.78 is 7.90. The van der Waals surface area contributed by atoms with E-state index >= 15 is 0 Å². The van der Waals surface area contributed by atoms with Gasteiger partial charge in [0.25, 0.3) is 11.5 Å². The van der Waals surface area contributed by atoms with E-state index in [-0.39, 0.29) is 22.1 Å². The van der Waals surface area contributed by atoms with Gasteiger partial charge >= 0.3 is 5.97 Å². The Labute approximate surface area is 249 Å². The lowest BCUT2D eigenvalue weighted by Gasteiger charge is -2.29. The number of aromatic nitrogens is 1. The predicted molar refractivity (Wildman–Crippen MR) is 159 cm³/mol. The van der Waals surface area contributed by atoms with Gasteiger partial charge in [-0.2, -0.15) is 0 Å². The highest BCUT2D eigenvalue weighted by Crippen LogP contribution is 2.32. The van der Waals surface area contributed by atoms with Gasteiger partial charge in [0.1, 0.15) is 11.5 Å². The fraction of sp³-hybridized carbons (Fsp3) is 0.200. The highest BCUT2D eigenvalue weighted by molar-refractivity contribution is 7.07. The molecule has 0 saturated heterocycles. The lowest BCUT2D eigenvalue weighted by atomic mass is 9.94. The minimum absolute atomic E-state index is 0.00677. The number of halogens is 2. The number of carboxylic acid groups (broad SMARTS) is 1. The topological polar surface area (TPSA) is 105 Å². The quantitative estimate of drug-likeness (QED) is 0.303. The van der Waals surface area contributed by atoms with Crippen molar-refractivity contribution >= 4 is 52.5 Å². The molecule has 0 aliphatic carbocycles. The average molecular weight is 611 g/mol. The van der Waals surface area contributed by atoms with Crippen molar-refractivity contribution in [2.24, 2.45) is 4.99 Å². The van der Waals surface area contributed by atoms with E-state index in [9.17, 15) is 19.5 Å². The highest BCUT2D eigenvalue weighted by Gasteiger charge is 2.34. The van der Waals surface area contributed by atoms with E-state index in [1.165, 1.54) is 23.5 Å². The van der Waals surface area contributed by atoms with Gasteiger partial charge in [0, 0.05) is 29.8 Å². The first-order valence-corrected chi connectivity index (χ1v) is 14.4. The van der Waals surface area contributed by atoms with Crippen molar-refractivity contribution in [3.63, 3.8) is 0 Å². The number of carbonyl (C=O) groups is 2. The number of furan rings is 1. The molecule has 0 radical (unpaired) electrons. The van der Waals surface area contributed by atoms with Crippen LogP contribution < -0.4 is 14.9 Å². The lowest BCUT2D eigenvalue weighted by molar-refractivity contribution is -0.127. The zero-order valence-electron chi connectivity index (χ0n) is 22.4. The molecule has 11 heteroatoms. The molecule has 0 fully saturated rings. The maximum atomic E-state index is 13.9. The van der Waals surface area contributed by atoms with Crippen molar-refractivity contribution in [2.45, 2.75) is 26.8 Å². The van der Waals surface area contributed by atoms with Gasteiger partial charge in [0.2, 0.25) is 0 Å². The van der Waals surface area contributed by atoms with Crippen LogP contribution >= 0.6 is 34.5 Å². The third-order valence-electron chi connectivity index (χ3n) is 6.87. The van der Waals surface area contributed by atoms with Gasteiger partial charge in [-0.1, -0.05) is 52.7 Å². The second kappa shape index (κ2) is 11.5. The summed E-state index contributed by atoms with van der Waals surface area (Å²) in [4.78, 5) is 45.7. The van der Waals surface area contributed by atoms with Crippen LogP contribution in [0.3, 0.4) is 0 Å². The molecule has 1 amide bonds. The summed E-state index contributed by atoms with van der Waals surface area (Å²) in [6, 6.07) is 14.4. The molecule has 2 aromatic carbocycles. The van der Waals surface area contributed by atoms with Crippen LogP contribution in [0.5, 0.6) is 0 Å². The van der Waals surface area contributed by atoms with Gasteiger partial charge in [-0.3, -0.25) is 14.2 Å². The van der Waals surface area contributed by atoms with Gasteiger partial charge in [0.15, 0.2) is 4.80 Å². The lowest BCUT2D eigenvalue weighted by Crippen LogP contribution is -2.43. The van der Waals surface area contributed by atoms with Gasteiger partial charge in [-0.25, -0.2) is 9.79 Å². The number of hydrogen-bond acceptors (Lipinski definition) is 6. The molecule has 210 valence electrons. The summed E-state index contributed by atoms with van der Waals surface area (Å²) in [6.45, 7) is 6.66. The molecular formula is C30H25Cl2N3O5S. The fourth-order valence-corrected chi connectivity index (χ4v) is 6.21. The van der Waals surface area contributed by atoms with Crippen LogP contribution in [0.15, 0.2) is 80.1 Å². The smallest absolute Gasteiger partial charge is 0.337 e. The van der Waals surface area contributed by atoms with Gasteiger partial charge < -0.3 is 14.4 Å². The fourth-order valence-electron chi connectivity index (χ4n) is 4.79. The van der Waals surface area contributed by atoms with Crippen LogP contribution in [0.4, 0.5) is 0 Å². The van der Waals surface area contributed by atoms with Crippen molar-refractivity contribution < 1.29 is 19.1 Å². The molecule has 0 unspecified atom stereocenters. The van der Waals surface area contributed by atoms with Crippen molar-refractivity contribution in [1.82, 2.24) is 9.47 Å². The number of likely N-dealkylation sites (N-methyl/N-ethyl adjacent to an activating group) is 1. The van der Waals surface area contributed by atoms with E-state index in [0.29, 0.717) is 55.8 Å². The monoisotopic (exact) mass is 609 g/mol. The first-order valence-electron chi connectivity index (χ1n) is 12.8. The molecule has 0 saturated carbocycles. The molecule has 3 heterocycles. The molecule has 1 aliphatic heterocycles. The summed E-state index contributed by atoms with van der Waals surface area (Å²) >= 11 is 13.5. The van der Waals surface area contributed by atoms with E-state index in [4.69, 9.17) is 27.6 Å². The normalized spacial score (nSPS) is 15.0. The van der Waals surface area contributed by atoms with E-state index in [1.54, 1.807) is 52.8 Å². The summed E-state index contributed by atoms with van der Waals surface area (Å²) in [5, 5.41) is 9.87. The average Bonchev–Trinajstić information content (AvgIpc) is 3.53. The molecule has 1 aliphatic rings. The van der Waals surface area contributed by atoms with E-state index < -0.39 is 12.0 Å². The molecule has 4 aromatic rings. The van der Waals surface area contributed by atoms with Crippen LogP contribution in [0.25, 0.3) is 17.4 Å². The first kappa shape index (κ1) is 28.6. The van der Waals surface area contributed by atoms with Crippen LogP contribution in [0.1, 0.15) is 48.5 Å². The Kier molecular flexibility index (Phi) is 8.04. The summed E-state index contributed by atoms with van der Waals surface area (Å²) in [7, 11) is 0. The molecular weight excluding hydrogens is 585 g/mol. The number of carbonyl (C=O) groups excluding carboxylic acids is 1. The van der Waals surface area contributed by atoms with Crippen molar-refractivity contribution in [3.8, 4) is 11.3 Å². The molecule has 0 bridgehead atoms. The van der Waals surface area contributed by atoms with Gasteiger partial charge in [-0.15, -0.1) is 0 Å². The van der Waals surface area contributed by atoms with Gasteiger partial charge in [0.05, 0.1) is 32.4 Å². The number of carboxylic acids is 1. The Morgan fingerprint density at radius 2 is 1.80 bits per heavy atom. The van der Waals surface area contributed by atoms with E-state index in [0.717, 1.165) is 5.56 Å². The first-order chi connectivity index (χ1) is 19.6. The SMILES string of the molecule is CCN(CC)C(=O)C1=C(C)N=c2s/c(=C/c3ccc(-c4ccc(C(=O)O)c(Cl)c4)o3)c(=O)n2[C@H]1c1ccc(Cl)cc1. The molecule has 0 spiro atoms.